The molecule has 4 rings (SSSR count). The summed E-state index contributed by atoms with van der Waals surface area (Å²) in [5.74, 6) is 5.90. The molecule has 3 aromatic rings. The number of aromatic nitrogens is 2. The second-order valence-corrected chi connectivity index (χ2v) is 9.31. The number of hydrazone groups is 1. The Balaban J connectivity index is 0.000000247. The molecule has 3 N–H and O–H groups in total. The highest BCUT2D eigenvalue weighted by atomic mass is 19.1. The molecule has 6 heteroatoms. The number of hydrogen-bond acceptors (Lipinski definition) is 5. The third-order valence-corrected chi connectivity index (χ3v) is 6.40. The fraction of sp³-hybridized carbons (Fsp3) is 0.387. The van der Waals surface area contributed by atoms with Crippen LogP contribution in [0.4, 0.5) is 4.39 Å². The van der Waals surface area contributed by atoms with Crippen molar-refractivity contribution in [2.45, 2.75) is 78.9 Å². The van der Waals surface area contributed by atoms with E-state index in [0.29, 0.717) is 18.1 Å². The monoisotopic (exact) mass is 503 g/mol. The summed E-state index contributed by atoms with van der Waals surface area (Å²) in [6, 6.07) is 15.0. The van der Waals surface area contributed by atoms with E-state index in [1.165, 1.54) is 23.6 Å². The van der Waals surface area contributed by atoms with Crippen LogP contribution in [0.2, 0.25) is 0 Å². The number of alkyl halides is 1. The van der Waals surface area contributed by atoms with Gasteiger partial charge in [-0.25, -0.2) is 4.39 Å². The maximum Gasteiger partial charge on any atom is 0.137 e. The second-order valence-electron chi connectivity index (χ2n) is 9.31. The maximum atomic E-state index is 13.3. The zero-order chi connectivity index (χ0) is 27.4. The fourth-order valence-corrected chi connectivity index (χ4v) is 4.23. The molecular formula is C31H42FN5. The van der Waals surface area contributed by atoms with E-state index in [4.69, 9.17) is 5.84 Å². The Morgan fingerprint density at radius 1 is 1.08 bits per heavy atom. The SMILES string of the molecule is C=C1NCc2ccc(C(C)C/C(=N\N)C(C)F)cc21.CC.Cc1cccc(C(C)Cc2cnccn2)c1. The topological polar surface area (TPSA) is 76.2 Å². The molecule has 0 saturated carbocycles. The third kappa shape index (κ3) is 8.81. The van der Waals surface area contributed by atoms with Crippen LogP contribution in [0, 0.1) is 6.92 Å². The van der Waals surface area contributed by atoms with Crippen LogP contribution in [0.15, 0.2) is 72.7 Å². The van der Waals surface area contributed by atoms with Crippen molar-refractivity contribution in [3.8, 4) is 0 Å². The molecule has 37 heavy (non-hydrogen) atoms. The standard InChI is InChI=1S/C15H20FN3.C14H16N2.C2H6/c1-9(6-15(19-17)10(2)16)12-4-5-13-8-18-11(3)14(13)7-12;1-11-4-3-5-13(8-11)12(2)9-14-10-15-6-7-16-14;1-2/h4-5,7,9-10,18H,3,6,8,17H2,1-2H3;3-8,10,12H,9H2,1-2H3;1-2H3/b19-15+;;. The van der Waals surface area contributed by atoms with Crippen molar-refractivity contribution in [2.75, 3.05) is 0 Å². The molecule has 0 amide bonds. The fourth-order valence-electron chi connectivity index (χ4n) is 4.23. The van der Waals surface area contributed by atoms with E-state index in [2.05, 4.69) is 90.2 Å². The predicted octanol–water partition coefficient (Wildman–Crippen LogP) is 7.08. The number of halogens is 1. The van der Waals surface area contributed by atoms with Gasteiger partial charge < -0.3 is 11.2 Å². The summed E-state index contributed by atoms with van der Waals surface area (Å²) in [6.07, 6.45) is 5.67. The largest absolute Gasteiger partial charge is 0.381 e. The van der Waals surface area contributed by atoms with Crippen molar-refractivity contribution in [3.05, 3.63) is 101 Å². The molecule has 1 aliphatic rings. The molecule has 3 unspecified atom stereocenters. The molecule has 0 saturated heterocycles. The Morgan fingerprint density at radius 2 is 1.81 bits per heavy atom. The first kappa shape index (κ1) is 29.7. The molecule has 5 nitrogen and oxygen atoms in total. The van der Waals surface area contributed by atoms with Crippen LogP contribution in [-0.4, -0.2) is 21.9 Å². The van der Waals surface area contributed by atoms with E-state index >= 15 is 0 Å². The predicted molar refractivity (Wildman–Crippen MR) is 154 cm³/mol. The van der Waals surface area contributed by atoms with Gasteiger partial charge in [0.15, 0.2) is 0 Å². The lowest BCUT2D eigenvalue weighted by Crippen LogP contribution is -2.16. The lowest BCUT2D eigenvalue weighted by Gasteiger charge is -2.15. The number of nitrogens with zero attached hydrogens (tertiary/aromatic N) is 3. The minimum absolute atomic E-state index is 0.180. The van der Waals surface area contributed by atoms with Gasteiger partial charge >= 0.3 is 0 Å². The van der Waals surface area contributed by atoms with Crippen molar-refractivity contribution < 1.29 is 4.39 Å². The first-order chi connectivity index (χ1) is 17.8. The zero-order valence-electron chi connectivity index (χ0n) is 23.1. The Morgan fingerprint density at radius 3 is 2.43 bits per heavy atom. The number of nitrogens with two attached hydrogens (primary N) is 1. The van der Waals surface area contributed by atoms with Gasteiger partial charge in [0, 0.05) is 36.4 Å². The third-order valence-electron chi connectivity index (χ3n) is 6.40. The summed E-state index contributed by atoms with van der Waals surface area (Å²) in [5.41, 5.74) is 8.66. The molecule has 0 fully saturated rings. The number of nitrogens with one attached hydrogen (secondary N) is 1. The van der Waals surface area contributed by atoms with Gasteiger partial charge in [0.1, 0.15) is 6.17 Å². The van der Waals surface area contributed by atoms with Gasteiger partial charge in [-0.15, -0.1) is 0 Å². The average Bonchev–Trinajstić information content (AvgIpc) is 3.29. The van der Waals surface area contributed by atoms with Crippen molar-refractivity contribution in [3.63, 3.8) is 0 Å². The van der Waals surface area contributed by atoms with Crippen LogP contribution in [0.25, 0.3) is 5.70 Å². The van der Waals surface area contributed by atoms with E-state index in [1.807, 2.05) is 20.0 Å². The lowest BCUT2D eigenvalue weighted by molar-refractivity contribution is 0.446. The second kappa shape index (κ2) is 14.9. The molecule has 2 heterocycles. The molecule has 0 aliphatic carbocycles. The van der Waals surface area contributed by atoms with E-state index in [0.717, 1.165) is 35.5 Å². The lowest BCUT2D eigenvalue weighted by atomic mass is 9.91. The van der Waals surface area contributed by atoms with Crippen LogP contribution < -0.4 is 11.2 Å². The Bertz CT molecular complexity index is 1160. The number of fused-ring (bicyclic) bond motifs is 1. The molecular weight excluding hydrogens is 461 g/mol. The average molecular weight is 504 g/mol. The summed E-state index contributed by atoms with van der Waals surface area (Å²) < 4.78 is 13.3. The van der Waals surface area contributed by atoms with Gasteiger partial charge in [-0.3, -0.25) is 9.97 Å². The van der Waals surface area contributed by atoms with Crippen LogP contribution >= 0.6 is 0 Å². The number of aryl methyl sites for hydroxylation is 1. The molecule has 0 bridgehead atoms. The van der Waals surface area contributed by atoms with Crippen molar-refractivity contribution in [1.29, 1.82) is 0 Å². The summed E-state index contributed by atoms with van der Waals surface area (Å²) >= 11 is 0. The number of hydrogen-bond donors (Lipinski definition) is 2. The first-order valence-electron chi connectivity index (χ1n) is 13.1. The number of benzene rings is 2. The normalized spacial score (nSPS) is 14.7. The van der Waals surface area contributed by atoms with Crippen molar-refractivity contribution in [2.24, 2.45) is 10.9 Å². The van der Waals surface area contributed by atoms with Crippen LogP contribution in [0.1, 0.15) is 86.4 Å². The van der Waals surface area contributed by atoms with Gasteiger partial charge in [-0.1, -0.05) is 76.2 Å². The molecule has 0 radical (unpaired) electrons. The summed E-state index contributed by atoms with van der Waals surface area (Å²) in [7, 11) is 0. The highest BCUT2D eigenvalue weighted by Gasteiger charge is 2.18. The summed E-state index contributed by atoms with van der Waals surface area (Å²) in [5, 5.41) is 6.78. The summed E-state index contributed by atoms with van der Waals surface area (Å²) in [6.45, 7) is 16.7. The molecule has 1 aliphatic heterocycles. The van der Waals surface area contributed by atoms with E-state index in [9.17, 15) is 4.39 Å². The zero-order valence-corrected chi connectivity index (χ0v) is 23.1. The molecule has 198 valence electrons. The van der Waals surface area contributed by atoms with E-state index in [1.54, 1.807) is 12.4 Å². The van der Waals surface area contributed by atoms with Gasteiger partial charge in [-0.2, -0.15) is 5.10 Å². The van der Waals surface area contributed by atoms with Gasteiger partial charge in [-0.05, 0) is 61.3 Å². The maximum absolute atomic E-state index is 13.3. The van der Waals surface area contributed by atoms with Crippen molar-refractivity contribution >= 4 is 11.4 Å². The van der Waals surface area contributed by atoms with Crippen LogP contribution in [0.5, 0.6) is 0 Å². The van der Waals surface area contributed by atoms with Gasteiger partial charge in [0.25, 0.3) is 0 Å². The molecule has 1 aromatic heterocycles. The first-order valence-corrected chi connectivity index (χ1v) is 13.1. The van der Waals surface area contributed by atoms with Gasteiger partial charge in [0.05, 0.1) is 11.4 Å². The van der Waals surface area contributed by atoms with Crippen LogP contribution in [-0.2, 0) is 13.0 Å². The summed E-state index contributed by atoms with van der Waals surface area (Å²) in [4.78, 5) is 8.39. The van der Waals surface area contributed by atoms with E-state index < -0.39 is 6.17 Å². The molecule has 3 atom stereocenters. The minimum Gasteiger partial charge on any atom is -0.381 e. The Labute approximate surface area is 222 Å². The number of rotatable bonds is 7. The highest BCUT2D eigenvalue weighted by molar-refractivity contribution is 5.88. The smallest absolute Gasteiger partial charge is 0.137 e. The Hall–Kier alpha value is -3.54. The van der Waals surface area contributed by atoms with E-state index in [-0.39, 0.29) is 5.92 Å². The van der Waals surface area contributed by atoms with Crippen LogP contribution in [0.3, 0.4) is 0 Å². The molecule has 2 aromatic carbocycles. The molecule has 0 spiro atoms. The quantitative estimate of drug-likeness (QED) is 0.205. The van der Waals surface area contributed by atoms with Crippen molar-refractivity contribution in [1.82, 2.24) is 15.3 Å². The minimum atomic E-state index is -1.10. The highest BCUT2D eigenvalue weighted by Crippen LogP contribution is 2.29. The van der Waals surface area contributed by atoms with Gasteiger partial charge in [0.2, 0.25) is 0 Å². The Kier molecular flexibility index (Phi) is 11.9.